The van der Waals surface area contributed by atoms with Crippen molar-refractivity contribution in [3.05, 3.63) is 66.2 Å². The Morgan fingerprint density at radius 1 is 1.00 bits per heavy atom. The number of rotatable bonds is 6. The second-order valence-corrected chi connectivity index (χ2v) is 6.50. The van der Waals surface area contributed by atoms with Crippen molar-refractivity contribution in [2.45, 2.75) is 12.5 Å². The van der Waals surface area contributed by atoms with Gasteiger partial charge in [-0.1, -0.05) is 48.5 Å². The number of morpholine rings is 1. The number of hydrogen-bond donors (Lipinski definition) is 2. The van der Waals surface area contributed by atoms with Crippen LogP contribution in [0, 0.1) is 0 Å². The Hall–Kier alpha value is -2.70. The minimum absolute atomic E-state index is 0.0891. The summed E-state index contributed by atoms with van der Waals surface area (Å²) in [6.07, 6.45) is 0.873. The lowest BCUT2D eigenvalue weighted by atomic mass is 10.1. The molecule has 0 aromatic heterocycles. The summed E-state index contributed by atoms with van der Waals surface area (Å²) in [6.45, 7) is 3.74. The van der Waals surface area contributed by atoms with E-state index in [2.05, 4.69) is 27.7 Å². The Bertz CT molecular complexity index is 737. The number of ether oxygens (including phenoxy) is 1. The summed E-state index contributed by atoms with van der Waals surface area (Å²) >= 11 is 0. The molecule has 0 saturated carbocycles. The third-order valence-electron chi connectivity index (χ3n) is 4.50. The maximum absolute atomic E-state index is 11.9. The van der Waals surface area contributed by atoms with Gasteiger partial charge in [0.1, 0.15) is 0 Å². The van der Waals surface area contributed by atoms with Crippen LogP contribution in [-0.4, -0.2) is 49.5 Å². The molecule has 1 aliphatic heterocycles. The first-order valence-electron chi connectivity index (χ1n) is 9.25. The van der Waals surface area contributed by atoms with Crippen LogP contribution >= 0.6 is 0 Å². The van der Waals surface area contributed by atoms with E-state index in [4.69, 9.17) is 4.74 Å². The Morgan fingerprint density at radius 3 is 2.44 bits per heavy atom. The van der Waals surface area contributed by atoms with Crippen molar-refractivity contribution in [1.82, 2.24) is 10.2 Å². The van der Waals surface area contributed by atoms with Gasteiger partial charge in [-0.05, 0) is 24.1 Å². The van der Waals surface area contributed by atoms with E-state index >= 15 is 0 Å². The monoisotopic (exact) mass is 367 g/mol. The number of benzene rings is 2. The zero-order chi connectivity index (χ0) is 18.9. The smallest absolute Gasteiger partial charge is 0.313 e. The van der Waals surface area contributed by atoms with Crippen molar-refractivity contribution in [3.63, 3.8) is 0 Å². The predicted octanol–water partition coefficient (Wildman–Crippen LogP) is 2.20. The topological polar surface area (TPSA) is 70.7 Å². The molecule has 1 unspecified atom stereocenters. The van der Waals surface area contributed by atoms with E-state index in [0.29, 0.717) is 18.8 Å². The average Bonchev–Trinajstić information content (AvgIpc) is 2.72. The van der Waals surface area contributed by atoms with Crippen molar-refractivity contribution in [2.75, 3.05) is 38.1 Å². The molecule has 142 valence electrons. The van der Waals surface area contributed by atoms with Gasteiger partial charge in [0.25, 0.3) is 0 Å². The van der Waals surface area contributed by atoms with Crippen molar-refractivity contribution in [3.8, 4) is 0 Å². The SMILES string of the molecule is O=C(NCCCN1CCOC(c2ccccc2)C1)C(=O)Nc1ccccc1. The van der Waals surface area contributed by atoms with Gasteiger partial charge < -0.3 is 15.4 Å². The number of anilines is 1. The van der Waals surface area contributed by atoms with Gasteiger partial charge in [-0.3, -0.25) is 14.5 Å². The fraction of sp³-hybridized carbons (Fsp3) is 0.333. The summed E-state index contributed by atoms with van der Waals surface area (Å²) in [5.74, 6) is -1.25. The molecule has 1 atom stereocenters. The van der Waals surface area contributed by atoms with Crippen LogP contribution in [0.3, 0.4) is 0 Å². The fourth-order valence-corrected chi connectivity index (χ4v) is 3.07. The average molecular weight is 367 g/mol. The van der Waals surface area contributed by atoms with E-state index in [1.165, 1.54) is 5.56 Å². The van der Waals surface area contributed by atoms with E-state index in [9.17, 15) is 9.59 Å². The summed E-state index contributed by atoms with van der Waals surface area (Å²) in [6, 6.07) is 19.2. The van der Waals surface area contributed by atoms with E-state index in [-0.39, 0.29) is 6.10 Å². The first kappa shape index (κ1) is 19.1. The second kappa shape index (κ2) is 9.85. The lowest BCUT2D eigenvalue weighted by molar-refractivity contribution is -0.136. The van der Waals surface area contributed by atoms with Gasteiger partial charge in [-0.25, -0.2) is 0 Å². The maximum Gasteiger partial charge on any atom is 0.313 e. The van der Waals surface area contributed by atoms with Gasteiger partial charge >= 0.3 is 11.8 Å². The standard InChI is InChI=1S/C21H25N3O3/c25-20(21(26)23-18-10-5-2-6-11-18)22-12-7-13-24-14-15-27-19(16-24)17-8-3-1-4-9-17/h1-6,8-11,19H,7,12-16H2,(H,22,25)(H,23,26). The maximum atomic E-state index is 11.9. The molecule has 0 aliphatic carbocycles. The van der Waals surface area contributed by atoms with Crippen molar-refractivity contribution >= 4 is 17.5 Å². The highest BCUT2D eigenvalue weighted by Crippen LogP contribution is 2.21. The van der Waals surface area contributed by atoms with Crippen LogP contribution in [0.2, 0.25) is 0 Å². The molecule has 2 aromatic carbocycles. The Balaban J connectivity index is 1.36. The van der Waals surface area contributed by atoms with Crippen LogP contribution in [0.1, 0.15) is 18.1 Å². The second-order valence-electron chi connectivity index (χ2n) is 6.50. The lowest BCUT2D eigenvalue weighted by Gasteiger charge is -2.33. The van der Waals surface area contributed by atoms with Gasteiger partial charge in [0.15, 0.2) is 0 Å². The number of nitrogens with zero attached hydrogens (tertiary/aromatic N) is 1. The molecule has 1 saturated heterocycles. The summed E-state index contributed by atoms with van der Waals surface area (Å²) in [4.78, 5) is 26.1. The Labute approximate surface area is 159 Å². The van der Waals surface area contributed by atoms with Gasteiger partial charge in [0.2, 0.25) is 0 Å². The lowest BCUT2D eigenvalue weighted by Crippen LogP contribution is -2.41. The van der Waals surface area contributed by atoms with Crippen LogP contribution in [0.25, 0.3) is 0 Å². The van der Waals surface area contributed by atoms with Gasteiger partial charge in [-0.15, -0.1) is 0 Å². The highest BCUT2D eigenvalue weighted by Gasteiger charge is 2.21. The molecular weight excluding hydrogens is 342 g/mol. The Morgan fingerprint density at radius 2 is 1.70 bits per heavy atom. The largest absolute Gasteiger partial charge is 0.371 e. The highest BCUT2D eigenvalue weighted by molar-refractivity contribution is 6.39. The fourth-order valence-electron chi connectivity index (χ4n) is 3.07. The molecule has 3 rings (SSSR count). The van der Waals surface area contributed by atoms with Crippen molar-refractivity contribution in [1.29, 1.82) is 0 Å². The van der Waals surface area contributed by atoms with Crippen LogP contribution in [0.4, 0.5) is 5.69 Å². The van der Waals surface area contributed by atoms with E-state index in [0.717, 1.165) is 26.1 Å². The molecule has 6 nitrogen and oxygen atoms in total. The van der Waals surface area contributed by atoms with Crippen LogP contribution < -0.4 is 10.6 Å². The van der Waals surface area contributed by atoms with Gasteiger partial charge in [0, 0.05) is 31.9 Å². The summed E-state index contributed by atoms with van der Waals surface area (Å²) < 4.78 is 5.86. The molecule has 6 heteroatoms. The molecular formula is C21H25N3O3. The number of carbonyl (C=O) groups excluding carboxylic acids is 2. The summed E-state index contributed by atoms with van der Waals surface area (Å²) in [5.41, 5.74) is 1.80. The summed E-state index contributed by atoms with van der Waals surface area (Å²) in [7, 11) is 0. The first-order chi connectivity index (χ1) is 13.2. The number of nitrogens with one attached hydrogen (secondary N) is 2. The van der Waals surface area contributed by atoms with Crippen LogP contribution in [0.5, 0.6) is 0 Å². The van der Waals surface area contributed by atoms with E-state index in [1.807, 2.05) is 24.3 Å². The molecule has 0 radical (unpaired) electrons. The molecule has 2 amide bonds. The number of carbonyl (C=O) groups is 2. The first-order valence-corrected chi connectivity index (χ1v) is 9.25. The normalized spacial score (nSPS) is 17.3. The molecule has 27 heavy (non-hydrogen) atoms. The third kappa shape index (κ3) is 5.91. The number of amides is 2. The summed E-state index contributed by atoms with van der Waals surface area (Å²) in [5, 5.41) is 5.25. The van der Waals surface area contributed by atoms with Crippen LogP contribution in [-0.2, 0) is 14.3 Å². The number of hydrogen-bond acceptors (Lipinski definition) is 4. The molecule has 1 aliphatic rings. The minimum Gasteiger partial charge on any atom is -0.371 e. The zero-order valence-corrected chi connectivity index (χ0v) is 15.3. The molecule has 1 fully saturated rings. The van der Waals surface area contributed by atoms with Gasteiger partial charge in [0.05, 0.1) is 12.7 Å². The minimum atomic E-state index is -0.642. The van der Waals surface area contributed by atoms with E-state index in [1.54, 1.807) is 24.3 Å². The van der Waals surface area contributed by atoms with Crippen LogP contribution in [0.15, 0.2) is 60.7 Å². The zero-order valence-electron chi connectivity index (χ0n) is 15.3. The molecule has 1 heterocycles. The van der Waals surface area contributed by atoms with Crippen molar-refractivity contribution < 1.29 is 14.3 Å². The van der Waals surface area contributed by atoms with Gasteiger partial charge in [-0.2, -0.15) is 0 Å². The molecule has 2 aromatic rings. The molecule has 0 bridgehead atoms. The highest BCUT2D eigenvalue weighted by atomic mass is 16.5. The predicted molar refractivity (Wildman–Crippen MR) is 104 cm³/mol. The Kier molecular flexibility index (Phi) is 6.96. The van der Waals surface area contributed by atoms with E-state index < -0.39 is 11.8 Å². The van der Waals surface area contributed by atoms with Crippen molar-refractivity contribution in [2.24, 2.45) is 0 Å². The molecule has 0 spiro atoms. The number of para-hydroxylation sites is 1. The molecule has 2 N–H and O–H groups in total. The quantitative estimate of drug-likeness (QED) is 0.607. The third-order valence-corrected chi connectivity index (χ3v) is 4.50.